The summed E-state index contributed by atoms with van der Waals surface area (Å²) in [6.07, 6.45) is 0.186. The summed E-state index contributed by atoms with van der Waals surface area (Å²) in [5.74, 6) is -0.256. The van der Waals surface area contributed by atoms with Crippen LogP contribution in [0.1, 0.15) is 18.1 Å². The molecule has 0 bridgehead atoms. The Labute approximate surface area is 193 Å². The highest BCUT2D eigenvalue weighted by Crippen LogP contribution is 2.27. The van der Waals surface area contributed by atoms with E-state index in [1.54, 1.807) is 13.0 Å². The molecule has 0 saturated carbocycles. The monoisotopic (exact) mass is 472 g/mol. The van der Waals surface area contributed by atoms with Crippen LogP contribution in [0.4, 0.5) is 0 Å². The van der Waals surface area contributed by atoms with Gasteiger partial charge in [0.15, 0.2) is 0 Å². The molecule has 0 aromatic heterocycles. The minimum Gasteiger partial charge on any atom is -0.492 e. The lowest BCUT2D eigenvalue weighted by Gasteiger charge is -2.20. The van der Waals surface area contributed by atoms with Crippen molar-refractivity contribution >= 4 is 27.5 Å². The van der Waals surface area contributed by atoms with E-state index in [0.717, 1.165) is 11.1 Å². The van der Waals surface area contributed by atoms with Gasteiger partial charge in [-0.1, -0.05) is 72.3 Å². The summed E-state index contributed by atoms with van der Waals surface area (Å²) in [5.41, 5.74) is 1.74. The second-order valence-electron chi connectivity index (χ2n) is 7.09. The largest absolute Gasteiger partial charge is 0.492 e. The van der Waals surface area contributed by atoms with Crippen LogP contribution in [0.5, 0.6) is 5.75 Å². The van der Waals surface area contributed by atoms with Gasteiger partial charge in [0.05, 0.1) is 6.61 Å². The van der Waals surface area contributed by atoms with Gasteiger partial charge in [0, 0.05) is 11.6 Å². The summed E-state index contributed by atoms with van der Waals surface area (Å²) in [4.78, 5) is 12.9. The SMILES string of the molecule is CCOc1ccc(Cl)cc1S(=O)(=O)NC(Cc1ccccc1)C(=O)NCc1ccccc1. The maximum Gasteiger partial charge on any atom is 0.245 e. The molecule has 6 nitrogen and oxygen atoms in total. The van der Waals surface area contributed by atoms with Gasteiger partial charge in [-0.2, -0.15) is 4.72 Å². The molecular formula is C24H25ClN2O4S. The standard InChI is InChI=1S/C24H25ClN2O4S/c1-2-31-22-14-13-20(25)16-23(22)32(29,30)27-21(15-18-9-5-3-6-10-18)24(28)26-17-19-11-7-4-8-12-19/h3-14,16,21,27H,2,15,17H2,1H3,(H,26,28). The molecule has 0 heterocycles. The number of rotatable bonds is 10. The zero-order valence-corrected chi connectivity index (χ0v) is 19.2. The zero-order chi connectivity index (χ0) is 23.0. The summed E-state index contributed by atoms with van der Waals surface area (Å²) in [6.45, 7) is 2.33. The highest BCUT2D eigenvalue weighted by Gasteiger charge is 2.28. The molecule has 0 saturated heterocycles. The molecule has 3 rings (SSSR count). The summed E-state index contributed by atoms with van der Waals surface area (Å²) in [7, 11) is -4.10. The lowest BCUT2D eigenvalue weighted by molar-refractivity contribution is -0.122. The summed E-state index contributed by atoms with van der Waals surface area (Å²) in [6, 6.07) is 22.0. The lowest BCUT2D eigenvalue weighted by Crippen LogP contribution is -2.47. The predicted octanol–water partition coefficient (Wildman–Crippen LogP) is 3.94. The first-order chi connectivity index (χ1) is 15.4. The quantitative estimate of drug-likeness (QED) is 0.468. The predicted molar refractivity (Wildman–Crippen MR) is 125 cm³/mol. The molecule has 3 aromatic carbocycles. The second kappa shape index (κ2) is 11.1. The van der Waals surface area contributed by atoms with Crippen molar-refractivity contribution in [2.75, 3.05) is 6.61 Å². The van der Waals surface area contributed by atoms with Gasteiger partial charge < -0.3 is 10.1 Å². The Morgan fingerprint density at radius 2 is 1.59 bits per heavy atom. The Morgan fingerprint density at radius 1 is 0.969 bits per heavy atom. The van der Waals surface area contributed by atoms with Gasteiger partial charge in [0.1, 0.15) is 16.7 Å². The Kier molecular flexibility index (Phi) is 8.27. The van der Waals surface area contributed by atoms with Crippen molar-refractivity contribution in [3.8, 4) is 5.75 Å². The molecule has 168 valence electrons. The number of halogens is 1. The fourth-order valence-corrected chi connectivity index (χ4v) is 4.77. The van der Waals surface area contributed by atoms with Gasteiger partial charge in [0.25, 0.3) is 0 Å². The van der Waals surface area contributed by atoms with Crippen LogP contribution in [-0.2, 0) is 27.8 Å². The molecular weight excluding hydrogens is 448 g/mol. The van der Waals surface area contributed by atoms with Gasteiger partial charge in [-0.25, -0.2) is 8.42 Å². The number of amides is 1. The summed E-state index contributed by atoms with van der Waals surface area (Å²) < 4.78 is 34.5. The fraction of sp³-hybridized carbons (Fsp3) is 0.208. The van der Waals surface area contributed by atoms with E-state index in [0.29, 0.717) is 0 Å². The maximum atomic E-state index is 13.2. The van der Waals surface area contributed by atoms with Crippen LogP contribution in [0.25, 0.3) is 0 Å². The van der Waals surface area contributed by atoms with Crippen LogP contribution in [0.3, 0.4) is 0 Å². The minimum atomic E-state index is -4.10. The van der Waals surface area contributed by atoms with Crippen molar-refractivity contribution in [3.05, 3.63) is 95.0 Å². The van der Waals surface area contributed by atoms with E-state index in [-0.39, 0.29) is 35.2 Å². The molecule has 1 atom stereocenters. The lowest BCUT2D eigenvalue weighted by atomic mass is 10.1. The third-order valence-electron chi connectivity index (χ3n) is 4.70. The molecule has 1 amide bonds. The number of nitrogens with one attached hydrogen (secondary N) is 2. The second-order valence-corrected chi connectivity index (χ2v) is 9.21. The third kappa shape index (κ3) is 6.56. The van der Waals surface area contributed by atoms with Gasteiger partial charge in [0.2, 0.25) is 15.9 Å². The molecule has 0 aliphatic heterocycles. The molecule has 0 aliphatic rings. The van der Waals surface area contributed by atoms with Gasteiger partial charge in [-0.3, -0.25) is 4.79 Å². The first-order valence-corrected chi connectivity index (χ1v) is 12.1. The van der Waals surface area contributed by atoms with E-state index in [9.17, 15) is 13.2 Å². The van der Waals surface area contributed by atoms with E-state index in [1.165, 1.54) is 12.1 Å². The van der Waals surface area contributed by atoms with Gasteiger partial charge in [-0.15, -0.1) is 0 Å². The van der Waals surface area contributed by atoms with E-state index >= 15 is 0 Å². The van der Waals surface area contributed by atoms with Crippen LogP contribution in [-0.4, -0.2) is 27.0 Å². The summed E-state index contributed by atoms with van der Waals surface area (Å²) >= 11 is 6.04. The van der Waals surface area contributed by atoms with Gasteiger partial charge in [-0.05, 0) is 42.7 Å². The number of benzene rings is 3. The fourth-order valence-electron chi connectivity index (χ4n) is 3.16. The van der Waals surface area contributed by atoms with E-state index in [1.807, 2.05) is 60.7 Å². The van der Waals surface area contributed by atoms with Crippen molar-refractivity contribution < 1.29 is 17.9 Å². The molecule has 2 N–H and O–H groups in total. The molecule has 32 heavy (non-hydrogen) atoms. The molecule has 8 heteroatoms. The normalized spacial score (nSPS) is 12.2. The highest BCUT2D eigenvalue weighted by molar-refractivity contribution is 7.89. The molecule has 1 unspecified atom stereocenters. The molecule has 0 aliphatic carbocycles. The van der Waals surface area contributed by atoms with Crippen molar-refractivity contribution in [2.45, 2.75) is 30.8 Å². The van der Waals surface area contributed by atoms with E-state index in [4.69, 9.17) is 16.3 Å². The summed E-state index contributed by atoms with van der Waals surface area (Å²) in [5, 5.41) is 3.07. The maximum absolute atomic E-state index is 13.2. The topological polar surface area (TPSA) is 84.5 Å². The van der Waals surface area contributed by atoms with Crippen LogP contribution >= 0.6 is 11.6 Å². The number of ether oxygens (including phenoxy) is 1. The number of sulfonamides is 1. The molecule has 0 fully saturated rings. The molecule has 0 spiro atoms. The van der Waals surface area contributed by atoms with Crippen molar-refractivity contribution in [3.63, 3.8) is 0 Å². The number of hydrogen-bond acceptors (Lipinski definition) is 4. The Balaban J connectivity index is 1.86. The van der Waals surface area contributed by atoms with Crippen LogP contribution in [0.2, 0.25) is 5.02 Å². The Morgan fingerprint density at radius 3 is 2.22 bits per heavy atom. The first kappa shape index (κ1) is 23.8. The number of hydrogen-bond donors (Lipinski definition) is 2. The Bertz CT molecular complexity index is 1140. The van der Waals surface area contributed by atoms with Crippen molar-refractivity contribution in [2.24, 2.45) is 0 Å². The Hall–Kier alpha value is -2.87. The highest BCUT2D eigenvalue weighted by atomic mass is 35.5. The molecule has 3 aromatic rings. The minimum absolute atomic E-state index is 0.110. The average molecular weight is 473 g/mol. The van der Waals surface area contributed by atoms with Crippen LogP contribution in [0, 0.1) is 0 Å². The average Bonchev–Trinajstić information content (AvgIpc) is 2.79. The zero-order valence-electron chi connectivity index (χ0n) is 17.6. The van der Waals surface area contributed by atoms with E-state index < -0.39 is 22.0 Å². The van der Waals surface area contributed by atoms with Crippen LogP contribution < -0.4 is 14.8 Å². The van der Waals surface area contributed by atoms with Crippen molar-refractivity contribution in [1.29, 1.82) is 0 Å². The first-order valence-electron chi connectivity index (χ1n) is 10.2. The van der Waals surface area contributed by atoms with E-state index in [2.05, 4.69) is 10.0 Å². The molecule has 0 radical (unpaired) electrons. The van der Waals surface area contributed by atoms with Crippen molar-refractivity contribution in [1.82, 2.24) is 10.0 Å². The number of carbonyl (C=O) groups is 1. The number of carbonyl (C=O) groups excluding carboxylic acids is 1. The van der Waals surface area contributed by atoms with Crippen LogP contribution in [0.15, 0.2) is 83.8 Å². The smallest absolute Gasteiger partial charge is 0.245 e. The third-order valence-corrected chi connectivity index (χ3v) is 6.43. The van der Waals surface area contributed by atoms with Gasteiger partial charge >= 0.3 is 0 Å².